The lowest BCUT2D eigenvalue weighted by Gasteiger charge is -2.12. The fourth-order valence-electron chi connectivity index (χ4n) is 1.52. The normalized spacial score (nSPS) is 18.9. The van der Waals surface area contributed by atoms with Gasteiger partial charge >= 0.3 is 5.97 Å². The Morgan fingerprint density at radius 2 is 2.21 bits per heavy atom. The van der Waals surface area contributed by atoms with E-state index in [1.165, 1.54) is 0 Å². The maximum atomic E-state index is 11.3. The summed E-state index contributed by atoms with van der Waals surface area (Å²) in [5, 5.41) is 10.6. The molecule has 0 radical (unpaired) electrons. The zero-order valence-electron chi connectivity index (χ0n) is 7.19. The van der Waals surface area contributed by atoms with Crippen LogP contribution in [-0.2, 0) is 22.0 Å². The number of aryl methyl sites for hydroxylation is 1. The largest absolute Gasteiger partial charge is 0.477 e. The first kappa shape index (κ1) is 9.67. The van der Waals surface area contributed by atoms with Crippen molar-refractivity contribution in [2.24, 2.45) is 0 Å². The van der Waals surface area contributed by atoms with E-state index in [1.807, 2.05) is 0 Å². The summed E-state index contributed by atoms with van der Waals surface area (Å²) in [4.78, 5) is 10.9. The summed E-state index contributed by atoms with van der Waals surface area (Å²) in [6, 6.07) is 0. The lowest BCUT2D eigenvalue weighted by atomic mass is 10.1. The van der Waals surface area contributed by atoms with Gasteiger partial charge in [-0.15, -0.1) is 11.3 Å². The SMILES string of the molecule is O=C(O)c1scc2c1CS(=O)(=O)CC2. The molecular formula is C8H8O4S2. The Kier molecular flexibility index (Phi) is 2.11. The van der Waals surface area contributed by atoms with Gasteiger partial charge in [0.2, 0.25) is 0 Å². The fourth-order valence-corrected chi connectivity index (χ4v) is 4.03. The zero-order chi connectivity index (χ0) is 10.3. The molecule has 0 spiro atoms. The molecule has 0 aliphatic carbocycles. The number of hydrogen-bond donors (Lipinski definition) is 1. The van der Waals surface area contributed by atoms with Gasteiger partial charge in [0.05, 0.1) is 11.5 Å². The van der Waals surface area contributed by atoms with E-state index in [1.54, 1.807) is 5.38 Å². The molecule has 1 aliphatic heterocycles. The Morgan fingerprint density at radius 1 is 1.50 bits per heavy atom. The van der Waals surface area contributed by atoms with Crippen molar-refractivity contribution < 1.29 is 18.3 Å². The topological polar surface area (TPSA) is 71.4 Å². The van der Waals surface area contributed by atoms with Gasteiger partial charge in [-0.3, -0.25) is 0 Å². The molecule has 0 aromatic carbocycles. The third kappa shape index (κ3) is 1.55. The quantitative estimate of drug-likeness (QED) is 0.781. The van der Waals surface area contributed by atoms with Gasteiger partial charge in [-0.1, -0.05) is 0 Å². The number of carbonyl (C=O) groups is 1. The van der Waals surface area contributed by atoms with Crippen molar-refractivity contribution >= 4 is 27.1 Å². The second-order valence-corrected chi connectivity index (χ2v) is 6.28. The highest BCUT2D eigenvalue weighted by Gasteiger charge is 2.27. The first-order valence-corrected chi connectivity index (χ1v) is 6.73. The van der Waals surface area contributed by atoms with Crippen molar-refractivity contribution in [3.63, 3.8) is 0 Å². The lowest BCUT2D eigenvalue weighted by molar-refractivity contribution is 0.0701. The molecule has 0 saturated heterocycles. The number of hydrogen-bond acceptors (Lipinski definition) is 4. The average molecular weight is 232 g/mol. The van der Waals surface area contributed by atoms with Crippen LogP contribution in [0.1, 0.15) is 20.8 Å². The molecule has 1 aromatic rings. The van der Waals surface area contributed by atoms with Crippen LogP contribution in [0.4, 0.5) is 0 Å². The molecule has 6 heteroatoms. The van der Waals surface area contributed by atoms with E-state index >= 15 is 0 Å². The van der Waals surface area contributed by atoms with Crippen molar-refractivity contribution in [2.75, 3.05) is 5.75 Å². The first-order chi connectivity index (χ1) is 6.49. The van der Waals surface area contributed by atoms with Crippen molar-refractivity contribution in [1.82, 2.24) is 0 Å². The number of carboxylic acids is 1. The van der Waals surface area contributed by atoms with E-state index in [-0.39, 0.29) is 16.4 Å². The van der Waals surface area contributed by atoms with Crippen molar-refractivity contribution in [2.45, 2.75) is 12.2 Å². The van der Waals surface area contributed by atoms with Crippen LogP contribution in [0.3, 0.4) is 0 Å². The Balaban J connectivity index is 2.53. The van der Waals surface area contributed by atoms with Crippen molar-refractivity contribution in [1.29, 1.82) is 0 Å². The van der Waals surface area contributed by atoms with Gasteiger partial charge in [0.25, 0.3) is 0 Å². The standard InChI is InChI=1S/C8H8O4S2/c9-8(10)7-6-4-14(11,12)2-1-5(6)3-13-7/h3H,1-2,4H2,(H,9,10). The van der Waals surface area contributed by atoms with Gasteiger partial charge in [-0.05, 0) is 22.9 Å². The van der Waals surface area contributed by atoms with E-state index in [0.29, 0.717) is 12.0 Å². The minimum Gasteiger partial charge on any atom is -0.477 e. The Morgan fingerprint density at radius 3 is 2.86 bits per heavy atom. The summed E-state index contributed by atoms with van der Waals surface area (Å²) in [6.45, 7) is 0. The van der Waals surface area contributed by atoms with Crippen LogP contribution in [0, 0.1) is 0 Å². The number of aromatic carboxylic acids is 1. The van der Waals surface area contributed by atoms with Gasteiger partial charge in [0, 0.05) is 0 Å². The highest BCUT2D eigenvalue weighted by molar-refractivity contribution is 7.90. The van der Waals surface area contributed by atoms with Crippen LogP contribution in [0.15, 0.2) is 5.38 Å². The van der Waals surface area contributed by atoms with E-state index < -0.39 is 15.8 Å². The molecule has 4 nitrogen and oxygen atoms in total. The molecular weight excluding hydrogens is 224 g/mol. The highest BCUT2D eigenvalue weighted by Crippen LogP contribution is 2.29. The molecule has 2 heterocycles. The number of rotatable bonds is 1. The van der Waals surface area contributed by atoms with Crippen LogP contribution in [-0.4, -0.2) is 25.2 Å². The molecule has 0 amide bonds. The van der Waals surface area contributed by atoms with E-state index in [2.05, 4.69) is 0 Å². The minimum atomic E-state index is -3.08. The van der Waals surface area contributed by atoms with E-state index in [0.717, 1.165) is 16.9 Å². The summed E-state index contributed by atoms with van der Waals surface area (Å²) in [5.41, 5.74) is 1.37. The maximum absolute atomic E-state index is 11.3. The monoisotopic (exact) mass is 232 g/mol. The van der Waals surface area contributed by atoms with Crippen LogP contribution in [0.2, 0.25) is 0 Å². The number of thiophene rings is 1. The Bertz CT molecular complexity index is 483. The van der Waals surface area contributed by atoms with Gasteiger partial charge in [0.15, 0.2) is 9.84 Å². The molecule has 0 saturated carbocycles. The second-order valence-electron chi connectivity index (χ2n) is 3.22. The molecule has 1 N–H and O–H groups in total. The third-order valence-corrected chi connectivity index (χ3v) is 4.84. The van der Waals surface area contributed by atoms with E-state index in [9.17, 15) is 13.2 Å². The van der Waals surface area contributed by atoms with Crippen LogP contribution < -0.4 is 0 Å². The van der Waals surface area contributed by atoms with E-state index in [4.69, 9.17) is 5.11 Å². The maximum Gasteiger partial charge on any atom is 0.346 e. The molecule has 0 bridgehead atoms. The third-order valence-electron chi connectivity index (χ3n) is 2.22. The summed E-state index contributed by atoms with van der Waals surface area (Å²) >= 11 is 1.11. The smallest absolute Gasteiger partial charge is 0.346 e. The summed E-state index contributed by atoms with van der Waals surface area (Å²) < 4.78 is 22.6. The lowest BCUT2D eigenvalue weighted by Crippen LogP contribution is -2.19. The van der Waals surface area contributed by atoms with Gasteiger partial charge in [-0.25, -0.2) is 13.2 Å². The summed E-state index contributed by atoms with van der Waals surface area (Å²) in [5.74, 6) is -1.02. The molecule has 14 heavy (non-hydrogen) atoms. The second kappa shape index (κ2) is 3.06. The van der Waals surface area contributed by atoms with Crippen LogP contribution in [0.25, 0.3) is 0 Å². The Labute approximate surface area is 85.1 Å². The van der Waals surface area contributed by atoms with Gasteiger partial charge in [0.1, 0.15) is 4.88 Å². The van der Waals surface area contributed by atoms with Crippen LogP contribution >= 0.6 is 11.3 Å². The predicted molar refractivity (Wildman–Crippen MR) is 52.5 cm³/mol. The summed E-state index contributed by atoms with van der Waals surface area (Å²) in [6.07, 6.45) is 0.446. The molecule has 0 fully saturated rings. The molecule has 0 atom stereocenters. The summed E-state index contributed by atoms with van der Waals surface area (Å²) in [7, 11) is -3.08. The van der Waals surface area contributed by atoms with Gasteiger partial charge in [-0.2, -0.15) is 0 Å². The molecule has 2 rings (SSSR count). The predicted octanol–water partition coefficient (Wildman–Crippen LogP) is 0.917. The Hall–Kier alpha value is -0.880. The zero-order valence-corrected chi connectivity index (χ0v) is 8.82. The molecule has 1 aliphatic rings. The van der Waals surface area contributed by atoms with Crippen LogP contribution in [0.5, 0.6) is 0 Å². The minimum absolute atomic E-state index is 0.118. The average Bonchev–Trinajstić information content (AvgIpc) is 2.44. The molecule has 1 aromatic heterocycles. The van der Waals surface area contributed by atoms with Gasteiger partial charge < -0.3 is 5.11 Å². The molecule has 76 valence electrons. The van der Waals surface area contributed by atoms with Crippen molar-refractivity contribution in [3.8, 4) is 0 Å². The fraction of sp³-hybridized carbons (Fsp3) is 0.375. The number of sulfone groups is 1. The first-order valence-electron chi connectivity index (χ1n) is 4.02. The number of carboxylic acid groups (broad SMARTS) is 1. The molecule has 0 unspecified atom stereocenters. The van der Waals surface area contributed by atoms with Crippen molar-refractivity contribution in [3.05, 3.63) is 21.4 Å². The highest BCUT2D eigenvalue weighted by atomic mass is 32.2. The number of fused-ring (bicyclic) bond motifs is 1.